The molecule has 0 saturated heterocycles. The Hall–Kier alpha value is -0.960. The highest BCUT2D eigenvalue weighted by molar-refractivity contribution is 9.10. The standard InChI is InChI=1S/C12H16BrF4N3O/c1-3-7-9(13)10(18-4-2)20-8(19-7)5-21-6-12(16,17)11(14)15/h11H,3-6H2,1-2H3,(H,18,19,20). The molecule has 0 aliphatic carbocycles. The second kappa shape index (κ2) is 7.88. The molecule has 1 rings (SSSR count). The first-order chi connectivity index (χ1) is 9.81. The summed E-state index contributed by atoms with van der Waals surface area (Å²) in [5.41, 5.74) is 0.681. The van der Waals surface area contributed by atoms with Gasteiger partial charge in [-0.25, -0.2) is 18.7 Å². The zero-order valence-electron chi connectivity index (χ0n) is 11.6. The predicted octanol–water partition coefficient (Wildman–Crippen LogP) is 3.65. The summed E-state index contributed by atoms with van der Waals surface area (Å²) in [5.74, 6) is -3.49. The molecular weight excluding hydrogens is 358 g/mol. The summed E-state index contributed by atoms with van der Waals surface area (Å²) < 4.78 is 54.7. The lowest BCUT2D eigenvalue weighted by Gasteiger charge is -2.15. The van der Waals surface area contributed by atoms with E-state index in [9.17, 15) is 17.6 Å². The second-order valence-corrected chi connectivity index (χ2v) is 4.98. The van der Waals surface area contributed by atoms with Gasteiger partial charge in [0.1, 0.15) is 19.0 Å². The van der Waals surface area contributed by atoms with Crippen LogP contribution in [0.1, 0.15) is 25.4 Å². The van der Waals surface area contributed by atoms with Crippen molar-refractivity contribution in [2.45, 2.75) is 39.2 Å². The highest BCUT2D eigenvalue weighted by atomic mass is 79.9. The molecule has 0 fully saturated rings. The van der Waals surface area contributed by atoms with E-state index in [1.807, 2.05) is 13.8 Å². The molecule has 0 bridgehead atoms. The Morgan fingerprint density at radius 2 is 1.95 bits per heavy atom. The Morgan fingerprint density at radius 1 is 1.29 bits per heavy atom. The van der Waals surface area contributed by atoms with Gasteiger partial charge in [0.25, 0.3) is 0 Å². The number of ether oxygens (including phenoxy) is 1. The summed E-state index contributed by atoms with van der Waals surface area (Å²) in [6.45, 7) is 2.63. The van der Waals surface area contributed by atoms with Crippen LogP contribution >= 0.6 is 15.9 Å². The van der Waals surface area contributed by atoms with E-state index in [4.69, 9.17) is 0 Å². The number of hydrogen-bond acceptors (Lipinski definition) is 4. The van der Waals surface area contributed by atoms with E-state index >= 15 is 0 Å². The average Bonchev–Trinajstić information content (AvgIpc) is 2.42. The van der Waals surface area contributed by atoms with Crippen molar-refractivity contribution in [1.82, 2.24) is 9.97 Å². The van der Waals surface area contributed by atoms with Crippen LogP contribution in [0.2, 0.25) is 0 Å². The second-order valence-electron chi connectivity index (χ2n) is 4.19. The van der Waals surface area contributed by atoms with Gasteiger partial charge in [0, 0.05) is 6.54 Å². The van der Waals surface area contributed by atoms with E-state index in [0.29, 0.717) is 29.0 Å². The molecule has 21 heavy (non-hydrogen) atoms. The molecule has 0 unspecified atom stereocenters. The Kier molecular flexibility index (Phi) is 6.79. The Balaban J connectivity index is 2.77. The molecule has 1 aromatic heterocycles. The minimum absolute atomic E-state index is 0.163. The average molecular weight is 374 g/mol. The first-order valence-corrected chi connectivity index (χ1v) is 7.14. The number of rotatable bonds is 8. The molecule has 0 aromatic carbocycles. The topological polar surface area (TPSA) is 47.0 Å². The molecule has 1 aromatic rings. The van der Waals surface area contributed by atoms with Crippen LogP contribution in [-0.4, -0.2) is 35.5 Å². The fourth-order valence-corrected chi connectivity index (χ4v) is 2.07. The van der Waals surface area contributed by atoms with E-state index in [1.165, 1.54) is 0 Å². The highest BCUT2D eigenvalue weighted by Gasteiger charge is 2.41. The van der Waals surface area contributed by atoms with Gasteiger partial charge in [-0.1, -0.05) is 6.92 Å². The van der Waals surface area contributed by atoms with Crippen molar-refractivity contribution < 1.29 is 22.3 Å². The predicted molar refractivity (Wildman–Crippen MR) is 73.9 cm³/mol. The molecule has 1 N–H and O–H groups in total. The SMILES string of the molecule is CCNc1nc(COCC(F)(F)C(F)F)nc(CC)c1Br. The molecular formula is C12H16BrF4N3O. The van der Waals surface area contributed by atoms with Crippen molar-refractivity contribution >= 4 is 21.7 Å². The molecule has 120 valence electrons. The molecule has 0 spiro atoms. The molecule has 0 aliphatic rings. The molecule has 1 heterocycles. The maximum atomic E-state index is 12.7. The van der Waals surface area contributed by atoms with Crippen LogP contribution in [0.3, 0.4) is 0 Å². The molecule has 9 heteroatoms. The summed E-state index contributed by atoms with van der Waals surface area (Å²) in [4.78, 5) is 8.25. The third-order valence-corrected chi connectivity index (χ3v) is 3.32. The molecule has 0 atom stereocenters. The van der Waals surface area contributed by atoms with Crippen LogP contribution in [0.4, 0.5) is 23.4 Å². The van der Waals surface area contributed by atoms with E-state index in [-0.39, 0.29) is 12.4 Å². The van der Waals surface area contributed by atoms with E-state index in [2.05, 4.69) is 36.0 Å². The summed E-state index contributed by atoms with van der Waals surface area (Å²) in [6.07, 6.45) is -3.16. The van der Waals surface area contributed by atoms with Crippen LogP contribution in [0.25, 0.3) is 0 Å². The minimum Gasteiger partial charge on any atom is -0.369 e. The maximum absolute atomic E-state index is 12.7. The summed E-state index contributed by atoms with van der Waals surface area (Å²) >= 11 is 3.35. The van der Waals surface area contributed by atoms with Crippen LogP contribution in [-0.2, 0) is 17.8 Å². The molecule has 0 aliphatic heterocycles. The molecule has 0 radical (unpaired) electrons. The van der Waals surface area contributed by atoms with Gasteiger partial charge in [0.15, 0.2) is 5.82 Å². The van der Waals surface area contributed by atoms with E-state index in [1.54, 1.807) is 0 Å². The van der Waals surface area contributed by atoms with Gasteiger partial charge in [-0.15, -0.1) is 0 Å². The fraction of sp³-hybridized carbons (Fsp3) is 0.667. The minimum atomic E-state index is -4.17. The van der Waals surface area contributed by atoms with Crippen molar-refractivity contribution in [2.24, 2.45) is 0 Å². The highest BCUT2D eigenvalue weighted by Crippen LogP contribution is 2.25. The summed E-state index contributed by atoms with van der Waals surface area (Å²) in [5, 5.41) is 2.99. The maximum Gasteiger partial charge on any atom is 0.330 e. The lowest BCUT2D eigenvalue weighted by Crippen LogP contribution is -2.32. The van der Waals surface area contributed by atoms with Gasteiger partial charge in [0.05, 0.1) is 10.2 Å². The van der Waals surface area contributed by atoms with E-state index < -0.39 is 19.0 Å². The van der Waals surface area contributed by atoms with Crippen LogP contribution in [0.5, 0.6) is 0 Å². The third kappa shape index (κ3) is 5.06. The fourth-order valence-electron chi connectivity index (χ4n) is 1.47. The smallest absolute Gasteiger partial charge is 0.330 e. The third-order valence-electron chi connectivity index (χ3n) is 2.49. The number of alkyl halides is 4. The number of halogens is 5. The van der Waals surface area contributed by atoms with Crippen molar-refractivity contribution in [3.05, 3.63) is 16.0 Å². The van der Waals surface area contributed by atoms with Gasteiger partial charge in [-0.2, -0.15) is 8.78 Å². The summed E-state index contributed by atoms with van der Waals surface area (Å²) in [7, 11) is 0. The van der Waals surface area contributed by atoms with E-state index in [0.717, 1.165) is 0 Å². The number of nitrogens with one attached hydrogen (secondary N) is 1. The lowest BCUT2D eigenvalue weighted by atomic mass is 10.3. The van der Waals surface area contributed by atoms with Gasteiger partial charge >= 0.3 is 12.3 Å². The number of anilines is 1. The Morgan fingerprint density at radius 3 is 2.48 bits per heavy atom. The first kappa shape index (κ1) is 18.1. The van der Waals surface area contributed by atoms with Gasteiger partial charge < -0.3 is 10.1 Å². The Labute approximate surface area is 128 Å². The zero-order valence-corrected chi connectivity index (χ0v) is 13.2. The van der Waals surface area contributed by atoms with Crippen LogP contribution < -0.4 is 5.32 Å². The zero-order chi connectivity index (χ0) is 16.0. The van der Waals surface area contributed by atoms with Crippen molar-refractivity contribution in [1.29, 1.82) is 0 Å². The molecule has 0 saturated carbocycles. The largest absolute Gasteiger partial charge is 0.369 e. The lowest BCUT2D eigenvalue weighted by molar-refractivity contribution is -0.168. The van der Waals surface area contributed by atoms with Crippen LogP contribution in [0, 0.1) is 0 Å². The Bertz CT molecular complexity index is 474. The normalized spacial score (nSPS) is 12.0. The number of hydrogen-bond donors (Lipinski definition) is 1. The molecule has 4 nitrogen and oxygen atoms in total. The van der Waals surface area contributed by atoms with Crippen molar-refractivity contribution in [3.8, 4) is 0 Å². The first-order valence-electron chi connectivity index (χ1n) is 6.34. The summed E-state index contributed by atoms with van der Waals surface area (Å²) in [6, 6.07) is 0. The quantitative estimate of drug-likeness (QED) is 0.706. The number of aryl methyl sites for hydroxylation is 1. The van der Waals surface area contributed by atoms with Gasteiger partial charge in [0.2, 0.25) is 0 Å². The number of aromatic nitrogens is 2. The van der Waals surface area contributed by atoms with Crippen molar-refractivity contribution in [2.75, 3.05) is 18.5 Å². The van der Waals surface area contributed by atoms with Gasteiger partial charge in [-0.3, -0.25) is 0 Å². The number of nitrogens with zero attached hydrogens (tertiary/aromatic N) is 2. The van der Waals surface area contributed by atoms with Gasteiger partial charge in [-0.05, 0) is 29.3 Å². The monoisotopic (exact) mass is 373 g/mol. The van der Waals surface area contributed by atoms with Crippen molar-refractivity contribution in [3.63, 3.8) is 0 Å². The molecule has 0 amide bonds. The van der Waals surface area contributed by atoms with Crippen LogP contribution in [0.15, 0.2) is 4.47 Å².